The van der Waals surface area contributed by atoms with Crippen molar-refractivity contribution in [2.24, 2.45) is 22.7 Å². The van der Waals surface area contributed by atoms with Crippen molar-refractivity contribution in [3.05, 3.63) is 36.0 Å². The number of H-pyrrole nitrogens is 1. The van der Waals surface area contributed by atoms with Crippen LogP contribution in [-0.4, -0.2) is 60.6 Å². The molecule has 3 fully saturated rings. The van der Waals surface area contributed by atoms with Crippen molar-refractivity contribution in [1.82, 2.24) is 20.5 Å². The third-order valence-corrected chi connectivity index (χ3v) is 9.67. The molecule has 7 heteroatoms. The van der Waals surface area contributed by atoms with Crippen molar-refractivity contribution in [2.45, 2.75) is 77.9 Å². The van der Waals surface area contributed by atoms with Crippen molar-refractivity contribution in [3.8, 4) is 0 Å². The Morgan fingerprint density at radius 1 is 1.14 bits per heavy atom. The van der Waals surface area contributed by atoms with E-state index in [1.54, 1.807) is 7.11 Å². The maximum Gasteiger partial charge on any atom is 0.227 e. The standard InChI is InChI=1S/C30H44N4O3/c1-29(2)26(30(29,3)4)27(35)33-20-15-19(16-31-17-20)28(36)34(21-12-13-21)25(11-8-14-37-5)23-18-32-24-10-7-6-9-22(23)24/h6-7,9-10,18-21,25-26,31-32H,8,11-17H2,1-5H3,(H,33,35)/t19-,20-,25?/m0/s1. The Kier molecular flexibility index (Phi) is 7.14. The Balaban J connectivity index is 1.33. The summed E-state index contributed by atoms with van der Waals surface area (Å²) in [7, 11) is 1.73. The zero-order valence-electron chi connectivity index (χ0n) is 23.1. The van der Waals surface area contributed by atoms with Crippen LogP contribution in [0.1, 0.15) is 71.4 Å². The number of amides is 2. The molecule has 1 aromatic carbocycles. The number of aromatic amines is 1. The van der Waals surface area contributed by atoms with Crippen LogP contribution >= 0.6 is 0 Å². The van der Waals surface area contributed by atoms with E-state index >= 15 is 0 Å². The van der Waals surface area contributed by atoms with E-state index in [0.29, 0.717) is 26.1 Å². The molecule has 1 unspecified atom stereocenters. The Labute approximate surface area is 221 Å². The molecule has 3 N–H and O–H groups in total. The molecule has 3 atom stereocenters. The van der Waals surface area contributed by atoms with Gasteiger partial charge in [-0.3, -0.25) is 9.59 Å². The molecule has 2 saturated carbocycles. The van der Waals surface area contributed by atoms with Crippen molar-refractivity contribution >= 4 is 22.7 Å². The van der Waals surface area contributed by atoms with Crippen molar-refractivity contribution in [1.29, 1.82) is 0 Å². The third-order valence-electron chi connectivity index (χ3n) is 9.67. The van der Waals surface area contributed by atoms with Gasteiger partial charge in [0.05, 0.1) is 12.0 Å². The second-order valence-corrected chi connectivity index (χ2v) is 12.6. The lowest BCUT2D eigenvalue weighted by Gasteiger charge is -2.38. The fraction of sp³-hybridized carbons (Fsp3) is 0.667. The summed E-state index contributed by atoms with van der Waals surface area (Å²) in [5, 5.41) is 7.93. The number of benzene rings is 1. The minimum absolute atomic E-state index is 0.00588. The highest BCUT2D eigenvalue weighted by atomic mass is 16.5. The third kappa shape index (κ3) is 4.92. The van der Waals surface area contributed by atoms with Gasteiger partial charge in [-0.25, -0.2) is 0 Å². The summed E-state index contributed by atoms with van der Waals surface area (Å²) in [4.78, 5) is 32.9. The molecule has 202 valence electrons. The molecule has 1 saturated heterocycles. The number of rotatable bonds is 10. The van der Waals surface area contributed by atoms with Gasteiger partial charge in [-0.2, -0.15) is 0 Å². The van der Waals surface area contributed by atoms with Crippen LogP contribution in [0, 0.1) is 22.7 Å². The lowest BCUT2D eigenvalue weighted by molar-refractivity contribution is -0.140. The van der Waals surface area contributed by atoms with Crippen molar-refractivity contribution < 1.29 is 14.3 Å². The van der Waals surface area contributed by atoms with E-state index in [9.17, 15) is 9.59 Å². The normalized spacial score (nSPS) is 25.5. The van der Waals surface area contributed by atoms with Gasteiger partial charge < -0.3 is 25.3 Å². The molecule has 2 heterocycles. The Morgan fingerprint density at radius 2 is 1.86 bits per heavy atom. The quantitative estimate of drug-likeness (QED) is 0.415. The zero-order valence-corrected chi connectivity index (χ0v) is 23.1. The van der Waals surface area contributed by atoms with E-state index in [1.807, 2.05) is 6.07 Å². The molecule has 0 spiro atoms. The van der Waals surface area contributed by atoms with E-state index in [0.717, 1.165) is 31.2 Å². The first-order valence-electron chi connectivity index (χ1n) is 14.0. The van der Waals surface area contributed by atoms with Crippen LogP contribution in [0.3, 0.4) is 0 Å². The summed E-state index contributed by atoms with van der Waals surface area (Å²) in [5.74, 6) is 0.222. The number of nitrogens with one attached hydrogen (secondary N) is 3. The number of methoxy groups -OCH3 is 1. The van der Waals surface area contributed by atoms with Gasteiger partial charge in [0.25, 0.3) is 0 Å². The molecule has 0 bridgehead atoms. The van der Waals surface area contributed by atoms with Gasteiger partial charge >= 0.3 is 0 Å². The topological polar surface area (TPSA) is 86.5 Å². The largest absolute Gasteiger partial charge is 0.385 e. The lowest BCUT2D eigenvalue weighted by Crippen LogP contribution is -2.54. The van der Waals surface area contributed by atoms with E-state index in [2.05, 4.69) is 72.6 Å². The number of ether oxygens (including phenoxy) is 1. The summed E-state index contributed by atoms with van der Waals surface area (Å²) in [6, 6.07) is 8.62. The van der Waals surface area contributed by atoms with Crippen molar-refractivity contribution in [2.75, 3.05) is 26.8 Å². The Hall–Kier alpha value is -2.38. The molecule has 2 aliphatic carbocycles. The first kappa shape index (κ1) is 26.2. The number of fused-ring (bicyclic) bond motifs is 1. The molecule has 7 nitrogen and oxygen atoms in total. The molecule has 1 aromatic heterocycles. The summed E-state index contributed by atoms with van der Waals surface area (Å²) in [6.07, 6.45) is 6.65. The van der Waals surface area contributed by atoms with Gasteiger partial charge in [-0.15, -0.1) is 0 Å². The van der Waals surface area contributed by atoms with Crippen LogP contribution in [0.4, 0.5) is 0 Å². The smallest absolute Gasteiger partial charge is 0.227 e. The van der Waals surface area contributed by atoms with E-state index in [-0.39, 0.29) is 52.6 Å². The minimum atomic E-state index is -0.144. The highest BCUT2D eigenvalue weighted by Crippen LogP contribution is 2.68. The fourth-order valence-corrected chi connectivity index (χ4v) is 6.76. The van der Waals surface area contributed by atoms with Crippen LogP contribution in [0.25, 0.3) is 10.9 Å². The van der Waals surface area contributed by atoms with Gasteiger partial charge in [-0.05, 0) is 54.6 Å². The van der Waals surface area contributed by atoms with Crippen LogP contribution in [0.5, 0.6) is 0 Å². The number of carbonyl (C=O) groups excluding carboxylic acids is 2. The van der Waals surface area contributed by atoms with Gasteiger partial charge in [0.1, 0.15) is 0 Å². The van der Waals surface area contributed by atoms with Crippen LogP contribution in [-0.2, 0) is 14.3 Å². The molecule has 1 aliphatic heterocycles. The number of carbonyl (C=O) groups is 2. The van der Waals surface area contributed by atoms with Crippen molar-refractivity contribution in [3.63, 3.8) is 0 Å². The predicted molar refractivity (Wildman–Crippen MR) is 146 cm³/mol. The average molecular weight is 509 g/mol. The number of piperidine rings is 1. The monoisotopic (exact) mass is 508 g/mol. The maximum atomic E-state index is 14.2. The average Bonchev–Trinajstić information content (AvgIpc) is 3.70. The maximum absolute atomic E-state index is 14.2. The molecule has 2 aromatic rings. The number of para-hydroxylation sites is 1. The van der Waals surface area contributed by atoms with E-state index in [1.165, 1.54) is 10.9 Å². The fourth-order valence-electron chi connectivity index (χ4n) is 6.76. The van der Waals surface area contributed by atoms with Crippen LogP contribution < -0.4 is 10.6 Å². The Morgan fingerprint density at radius 3 is 2.54 bits per heavy atom. The summed E-state index contributed by atoms with van der Waals surface area (Å²) < 4.78 is 5.37. The van der Waals surface area contributed by atoms with E-state index < -0.39 is 0 Å². The molecular formula is C30H44N4O3. The minimum Gasteiger partial charge on any atom is -0.385 e. The first-order chi connectivity index (χ1) is 17.7. The number of hydrogen-bond donors (Lipinski definition) is 3. The SMILES string of the molecule is COCCCC(c1c[nH]c2ccccc12)N(C(=O)[C@@H]1CNC[C@@H](NC(=O)C2C(C)(C)C2(C)C)C1)C1CC1. The molecular weight excluding hydrogens is 464 g/mol. The molecule has 37 heavy (non-hydrogen) atoms. The van der Waals surface area contributed by atoms with Gasteiger partial charge in [0.2, 0.25) is 11.8 Å². The lowest BCUT2D eigenvalue weighted by atomic mass is 9.91. The number of aromatic nitrogens is 1. The molecule has 0 radical (unpaired) electrons. The highest BCUT2D eigenvalue weighted by molar-refractivity contribution is 5.86. The second-order valence-electron chi connectivity index (χ2n) is 12.6. The second kappa shape index (κ2) is 10.1. The molecule has 5 rings (SSSR count). The summed E-state index contributed by atoms with van der Waals surface area (Å²) in [6.45, 7) is 10.7. The van der Waals surface area contributed by atoms with Gasteiger partial charge in [0.15, 0.2) is 0 Å². The predicted octanol–water partition coefficient (Wildman–Crippen LogP) is 4.40. The number of nitrogens with zero attached hydrogens (tertiary/aromatic N) is 1. The molecule has 3 aliphatic rings. The number of hydrogen-bond acceptors (Lipinski definition) is 4. The van der Waals surface area contributed by atoms with Crippen LogP contribution in [0.15, 0.2) is 30.5 Å². The first-order valence-corrected chi connectivity index (χ1v) is 14.0. The van der Waals surface area contributed by atoms with Gasteiger partial charge in [0, 0.05) is 61.9 Å². The highest BCUT2D eigenvalue weighted by Gasteiger charge is 2.68. The van der Waals surface area contributed by atoms with Gasteiger partial charge in [-0.1, -0.05) is 45.9 Å². The Bertz CT molecular complexity index is 1120. The van der Waals surface area contributed by atoms with E-state index in [4.69, 9.17) is 4.74 Å². The summed E-state index contributed by atoms with van der Waals surface area (Å²) in [5.41, 5.74) is 2.31. The zero-order chi connectivity index (χ0) is 26.4. The summed E-state index contributed by atoms with van der Waals surface area (Å²) >= 11 is 0. The van der Waals surface area contributed by atoms with Crippen LogP contribution in [0.2, 0.25) is 0 Å². The molecule has 2 amide bonds.